The Balaban J connectivity index is 0.000000640. The van der Waals surface area contributed by atoms with Crippen molar-refractivity contribution in [1.82, 2.24) is 0 Å². The van der Waals surface area contributed by atoms with Crippen LogP contribution in [0.15, 0.2) is 18.2 Å². The first kappa shape index (κ1) is 8.99. The maximum atomic E-state index is 3.18. The Kier molecular flexibility index (Phi) is 6.10. The molecule has 0 heterocycles. The van der Waals surface area contributed by atoms with Crippen LogP contribution in [-0.2, 0) is 16.8 Å². The van der Waals surface area contributed by atoms with Crippen LogP contribution in [0.5, 0.6) is 0 Å². The van der Waals surface area contributed by atoms with Crippen LogP contribution in [0, 0.1) is 6.08 Å². The SMILES string of the molecule is [C-]1=C/C=C\CCCC1.[Co+2]. The molecule has 1 heteroatoms. The van der Waals surface area contributed by atoms with Crippen molar-refractivity contribution in [3.05, 3.63) is 24.3 Å². The van der Waals surface area contributed by atoms with Gasteiger partial charge in [0.05, 0.1) is 0 Å². The van der Waals surface area contributed by atoms with Gasteiger partial charge in [0.25, 0.3) is 0 Å². The van der Waals surface area contributed by atoms with E-state index < -0.39 is 0 Å². The van der Waals surface area contributed by atoms with Crippen molar-refractivity contribution in [2.24, 2.45) is 0 Å². The quantitative estimate of drug-likeness (QED) is 0.485. The Bertz CT molecular complexity index is 89.1. The summed E-state index contributed by atoms with van der Waals surface area (Å²) >= 11 is 0. The Morgan fingerprint density at radius 3 is 3.00 bits per heavy atom. The molecule has 0 aromatic heterocycles. The molecule has 0 fully saturated rings. The van der Waals surface area contributed by atoms with Crippen molar-refractivity contribution >= 4 is 0 Å². The molecule has 0 saturated heterocycles. The molecule has 0 amide bonds. The van der Waals surface area contributed by atoms with E-state index in [1.165, 1.54) is 19.3 Å². The molecule has 0 bridgehead atoms. The molecule has 0 atom stereocenters. The van der Waals surface area contributed by atoms with Crippen molar-refractivity contribution in [1.29, 1.82) is 0 Å². The molecule has 1 radical (unpaired) electrons. The minimum atomic E-state index is 0. The number of hydrogen-bond acceptors (Lipinski definition) is 0. The normalized spacial score (nSPS) is 21.3. The van der Waals surface area contributed by atoms with Crippen LogP contribution < -0.4 is 0 Å². The summed E-state index contributed by atoms with van der Waals surface area (Å²) in [5.74, 6) is 0. The van der Waals surface area contributed by atoms with Crippen molar-refractivity contribution in [2.45, 2.75) is 25.7 Å². The Hall–Kier alpha value is -0.0135. The monoisotopic (exact) mass is 166 g/mol. The summed E-state index contributed by atoms with van der Waals surface area (Å²) in [5.41, 5.74) is 0. The summed E-state index contributed by atoms with van der Waals surface area (Å²) in [5, 5.41) is 0. The van der Waals surface area contributed by atoms with Gasteiger partial charge in [-0.25, -0.2) is 12.2 Å². The summed E-state index contributed by atoms with van der Waals surface area (Å²) in [4.78, 5) is 0. The molecule has 51 valence electrons. The van der Waals surface area contributed by atoms with E-state index in [4.69, 9.17) is 0 Å². The summed E-state index contributed by atoms with van der Waals surface area (Å²) in [7, 11) is 0. The minimum Gasteiger partial charge on any atom is -0.275 e. The zero-order valence-corrected chi connectivity index (χ0v) is 6.43. The van der Waals surface area contributed by atoms with Gasteiger partial charge in [0.15, 0.2) is 0 Å². The Morgan fingerprint density at radius 2 is 2.11 bits per heavy atom. The third-order valence-electron chi connectivity index (χ3n) is 1.29. The number of allylic oxidation sites excluding steroid dienone is 4. The molecular formula is C8H11Co+. The Morgan fingerprint density at radius 1 is 1.22 bits per heavy atom. The third kappa shape index (κ3) is 4.49. The second-order valence-corrected chi connectivity index (χ2v) is 2.04. The van der Waals surface area contributed by atoms with Gasteiger partial charge in [0, 0.05) is 0 Å². The van der Waals surface area contributed by atoms with Crippen molar-refractivity contribution in [3.8, 4) is 0 Å². The van der Waals surface area contributed by atoms with E-state index in [0.717, 1.165) is 6.42 Å². The van der Waals surface area contributed by atoms with Gasteiger partial charge in [-0.2, -0.15) is 6.08 Å². The zero-order chi connectivity index (χ0) is 5.66. The first-order valence-corrected chi connectivity index (χ1v) is 3.22. The van der Waals surface area contributed by atoms with Crippen LogP contribution in [0.3, 0.4) is 0 Å². The molecule has 0 aromatic carbocycles. The maximum Gasteiger partial charge on any atom is 2.00 e. The molecule has 0 aliphatic heterocycles. The fraction of sp³-hybridized carbons (Fsp3) is 0.500. The second-order valence-electron chi connectivity index (χ2n) is 2.04. The van der Waals surface area contributed by atoms with Crippen molar-refractivity contribution < 1.29 is 16.8 Å². The van der Waals surface area contributed by atoms with Gasteiger partial charge >= 0.3 is 16.8 Å². The van der Waals surface area contributed by atoms with Gasteiger partial charge in [-0.3, -0.25) is 6.08 Å². The van der Waals surface area contributed by atoms with Gasteiger partial charge in [-0.1, -0.05) is 19.3 Å². The zero-order valence-electron chi connectivity index (χ0n) is 5.39. The fourth-order valence-electron chi connectivity index (χ4n) is 0.805. The summed E-state index contributed by atoms with van der Waals surface area (Å²) in [6.07, 6.45) is 14.5. The molecule has 1 aliphatic rings. The average Bonchev–Trinajstić information content (AvgIpc) is 1.62. The molecule has 0 N–H and O–H groups in total. The van der Waals surface area contributed by atoms with Crippen LogP contribution in [0.1, 0.15) is 25.7 Å². The molecule has 1 rings (SSSR count). The van der Waals surface area contributed by atoms with Gasteiger partial charge < -0.3 is 0 Å². The van der Waals surface area contributed by atoms with E-state index >= 15 is 0 Å². The van der Waals surface area contributed by atoms with E-state index in [-0.39, 0.29) is 16.8 Å². The number of hydrogen-bond donors (Lipinski definition) is 0. The molecule has 0 saturated carbocycles. The first-order chi connectivity index (χ1) is 4.00. The van der Waals surface area contributed by atoms with Gasteiger partial charge in [0.2, 0.25) is 0 Å². The molecule has 9 heavy (non-hydrogen) atoms. The number of rotatable bonds is 0. The predicted molar refractivity (Wildman–Crippen MR) is 35.4 cm³/mol. The second kappa shape index (κ2) is 6.11. The third-order valence-corrected chi connectivity index (χ3v) is 1.29. The average molecular weight is 166 g/mol. The maximum absolute atomic E-state index is 3.18. The van der Waals surface area contributed by atoms with Crippen LogP contribution >= 0.6 is 0 Å². The van der Waals surface area contributed by atoms with Crippen LogP contribution in [0.2, 0.25) is 0 Å². The smallest absolute Gasteiger partial charge is 0.275 e. The van der Waals surface area contributed by atoms with E-state index in [1.807, 2.05) is 6.08 Å². The van der Waals surface area contributed by atoms with Gasteiger partial charge in [0.1, 0.15) is 0 Å². The largest absolute Gasteiger partial charge is 2.00 e. The van der Waals surface area contributed by atoms with Crippen molar-refractivity contribution in [2.75, 3.05) is 0 Å². The van der Waals surface area contributed by atoms with Crippen molar-refractivity contribution in [3.63, 3.8) is 0 Å². The van der Waals surface area contributed by atoms with Crippen LogP contribution in [-0.4, -0.2) is 0 Å². The fourth-order valence-corrected chi connectivity index (χ4v) is 0.805. The van der Waals surface area contributed by atoms with Gasteiger partial charge in [-0.05, 0) is 0 Å². The van der Waals surface area contributed by atoms with E-state index in [2.05, 4.69) is 18.2 Å². The van der Waals surface area contributed by atoms with Crippen LogP contribution in [0.4, 0.5) is 0 Å². The minimum absolute atomic E-state index is 0. The molecular weight excluding hydrogens is 155 g/mol. The van der Waals surface area contributed by atoms with Gasteiger partial charge in [-0.15, -0.1) is 6.42 Å². The molecule has 0 aromatic rings. The molecule has 0 nitrogen and oxygen atoms in total. The molecule has 0 unspecified atom stereocenters. The van der Waals surface area contributed by atoms with E-state index in [0.29, 0.717) is 0 Å². The topological polar surface area (TPSA) is 0 Å². The standard InChI is InChI=1S/C8H11.Co/c1-2-4-6-8-7-5-3-1;/h1-3H,4,6-8H2;/q-1;+2/b2-1-;. The predicted octanol–water partition coefficient (Wildman–Crippen LogP) is 2.47. The van der Waals surface area contributed by atoms with E-state index in [1.54, 1.807) is 0 Å². The summed E-state index contributed by atoms with van der Waals surface area (Å²) in [6.45, 7) is 0. The van der Waals surface area contributed by atoms with E-state index in [9.17, 15) is 0 Å². The first-order valence-electron chi connectivity index (χ1n) is 3.22. The van der Waals surface area contributed by atoms with Crippen LogP contribution in [0.25, 0.3) is 0 Å². The molecule has 0 spiro atoms. The Labute approximate surface area is 67.2 Å². The summed E-state index contributed by atoms with van der Waals surface area (Å²) < 4.78 is 0. The summed E-state index contributed by atoms with van der Waals surface area (Å²) in [6, 6.07) is 0. The molecule has 1 aliphatic carbocycles.